The lowest BCUT2D eigenvalue weighted by molar-refractivity contribution is -0.133. The molecule has 2 rings (SSSR count). The Labute approximate surface area is 130 Å². The van der Waals surface area contributed by atoms with Crippen LogP contribution < -0.4 is 5.73 Å². The topological polar surface area (TPSA) is 70.1 Å². The van der Waals surface area contributed by atoms with Crippen molar-refractivity contribution in [2.24, 2.45) is 11.7 Å². The van der Waals surface area contributed by atoms with Crippen molar-refractivity contribution in [3.8, 4) is 6.07 Å². The molecule has 0 spiro atoms. The van der Waals surface area contributed by atoms with Gasteiger partial charge in [-0.1, -0.05) is 37.3 Å². The van der Waals surface area contributed by atoms with Gasteiger partial charge in [-0.3, -0.25) is 4.79 Å². The van der Waals surface area contributed by atoms with Gasteiger partial charge in [0.15, 0.2) is 0 Å². The van der Waals surface area contributed by atoms with E-state index >= 15 is 0 Å². The predicted molar refractivity (Wildman–Crippen MR) is 82.5 cm³/mol. The van der Waals surface area contributed by atoms with Gasteiger partial charge in [-0.25, -0.2) is 4.39 Å². The summed E-state index contributed by atoms with van der Waals surface area (Å²) in [5.41, 5.74) is 7.25. The number of nitriles is 1. The van der Waals surface area contributed by atoms with Gasteiger partial charge in [-0.15, -0.1) is 0 Å². The van der Waals surface area contributed by atoms with Crippen LogP contribution in [-0.4, -0.2) is 35.6 Å². The Hall–Kier alpha value is -1.93. The number of alkyl halides is 1. The standard InChI is InChI=1S/C17H22FN3O/c1-12(7-8-13-5-3-2-4-6-13)16(20)17(22)21-11-14(18)9-15(21)10-19/h2-6,12,14-16H,7-9,11,20H2,1H3/t12-,14-,15-,16-/m0/s1. The van der Waals surface area contributed by atoms with Crippen LogP contribution in [0.15, 0.2) is 30.3 Å². The van der Waals surface area contributed by atoms with E-state index in [4.69, 9.17) is 11.0 Å². The van der Waals surface area contributed by atoms with Crippen molar-refractivity contribution in [2.75, 3.05) is 6.54 Å². The monoisotopic (exact) mass is 303 g/mol. The highest BCUT2D eigenvalue weighted by molar-refractivity contribution is 5.83. The maximum atomic E-state index is 13.4. The summed E-state index contributed by atoms with van der Waals surface area (Å²) in [6.07, 6.45) is 0.588. The molecule has 22 heavy (non-hydrogen) atoms. The highest BCUT2D eigenvalue weighted by Crippen LogP contribution is 2.22. The van der Waals surface area contributed by atoms with Gasteiger partial charge in [0.05, 0.1) is 18.7 Å². The molecule has 1 aromatic carbocycles. The quantitative estimate of drug-likeness (QED) is 0.905. The minimum Gasteiger partial charge on any atom is -0.322 e. The number of benzene rings is 1. The van der Waals surface area contributed by atoms with Crippen LogP contribution >= 0.6 is 0 Å². The van der Waals surface area contributed by atoms with Crippen LogP contribution in [0.4, 0.5) is 4.39 Å². The van der Waals surface area contributed by atoms with E-state index in [0.717, 1.165) is 12.8 Å². The van der Waals surface area contributed by atoms with Crippen molar-refractivity contribution in [3.63, 3.8) is 0 Å². The molecule has 4 nitrogen and oxygen atoms in total. The van der Waals surface area contributed by atoms with E-state index in [1.165, 1.54) is 10.5 Å². The first-order valence-corrected chi connectivity index (χ1v) is 7.66. The number of hydrogen-bond donors (Lipinski definition) is 1. The van der Waals surface area contributed by atoms with Gasteiger partial charge in [0, 0.05) is 6.42 Å². The summed E-state index contributed by atoms with van der Waals surface area (Å²) in [5.74, 6) is -0.335. The molecular formula is C17H22FN3O. The van der Waals surface area contributed by atoms with E-state index in [2.05, 4.69) is 0 Å². The van der Waals surface area contributed by atoms with Gasteiger partial charge < -0.3 is 10.6 Å². The van der Waals surface area contributed by atoms with Crippen molar-refractivity contribution in [3.05, 3.63) is 35.9 Å². The Balaban J connectivity index is 1.91. The number of amides is 1. The van der Waals surface area contributed by atoms with Gasteiger partial charge in [-0.05, 0) is 24.3 Å². The third-order valence-electron chi connectivity index (χ3n) is 4.31. The number of nitrogens with zero attached hydrogens (tertiary/aromatic N) is 2. The zero-order valence-corrected chi connectivity index (χ0v) is 12.8. The second-order valence-electron chi connectivity index (χ2n) is 6.00. The van der Waals surface area contributed by atoms with Crippen LogP contribution in [-0.2, 0) is 11.2 Å². The Kier molecular flexibility index (Phi) is 5.51. The highest BCUT2D eigenvalue weighted by Gasteiger charge is 2.38. The molecule has 1 heterocycles. The average Bonchev–Trinajstić information content (AvgIpc) is 2.93. The summed E-state index contributed by atoms with van der Waals surface area (Å²) in [5, 5.41) is 9.02. The number of nitrogens with two attached hydrogens (primary N) is 1. The van der Waals surface area contributed by atoms with Crippen LogP contribution in [0, 0.1) is 17.2 Å². The summed E-state index contributed by atoms with van der Waals surface area (Å²) in [6, 6.07) is 10.6. The van der Waals surface area contributed by atoms with E-state index in [0.29, 0.717) is 0 Å². The molecule has 1 amide bonds. The molecular weight excluding hydrogens is 281 g/mol. The smallest absolute Gasteiger partial charge is 0.240 e. The fourth-order valence-corrected chi connectivity index (χ4v) is 2.80. The van der Waals surface area contributed by atoms with Crippen LogP contribution in [0.25, 0.3) is 0 Å². The van der Waals surface area contributed by atoms with E-state index in [1.807, 2.05) is 43.3 Å². The van der Waals surface area contributed by atoms with Gasteiger partial charge in [-0.2, -0.15) is 5.26 Å². The van der Waals surface area contributed by atoms with E-state index in [-0.39, 0.29) is 24.8 Å². The minimum absolute atomic E-state index is 0.0177. The Morgan fingerprint density at radius 1 is 1.50 bits per heavy atom. The Morgan fingerprint density at radius 3 is 2.82 bits per heavy atom. The van der Waals surface area contributed by atoms with Crippen molar-refractivity contribution in [1.82, 2.24) is 4.90 Å². The summed E-state index contributed by atoms with van der Waals surface area (Å²) >= 11 is 0. The fourth-order valence-electron chi connectivity index (χ4n) is 2.80. The van der Waals surface area contributed by atoms with Gasteiger partial charge in [0.2, 0.25) is 5.91 Å². The second-order valence-corrected chi connectivity index (χ2v) is 6.00. The molecule has 118 valence electrons. The number of carbonyl (C=O) groups excluding carboxylic acids is 1. The van der Waals surface area contributed by atoms with Crippen LogP contribution in [0.3, 0.4) is 0 Å². The molecule has 1 aliphatic rings. The minimum atomic E-state index is -1.12. The summed E-state index contributed by atoms with van der Waals surface area (Å²) in [4.78, 5) is 13.7. The summed E-state index contributed by atoms with van der Waals surface area (Å²) in [6.45, 7) is 1.91. The third-order valence-corrected chi connectivity index (χ3v) is 4.31. The molecule has 0 radical (unpaired) electrons. The number of rotatable bonds is 5. The average molecular weight is 303 g/mol. The molecule has 4 atom stereocenters. The molecule has 1 saturated heterocycles. The van der Waals surface area contributed by atoms with E-state index < -0.39 is 18.3 Å². The highest BCUT2D eigenvalue weighted by atomic mass is 19.1. The first-order valence-electron chi connectivity index (χ1n) is 7.66. The van der Waals surface area contributed by atoms with Crippen LogP contribution in [0.1, 0.15) is 25.3 Å². The zero-order chi connectivity index (χ0) is 16.1. The second kappa shape index (κ2) is 7.37. The number of aryl methyl sites for hydroxylation is 1. The molecule has 0 aliphatic carbocycles. The first kappa shape index (κ1) is 16.4. The van der Waals surface area contributed by atoms with Crippen molar-refractivity contribution in [1.29, 1.82) is 5.26 Å². The van der Waals surface area contributed by atoms with E-state index in [9.17, 15) is 9.18 Å². The lowest BCUT2D eigenvalue weighted by atomic mass is 9.93. The van der Waals surface area contributed by atoms with Crippen molar-refractivity contribution < 1.29 is 9.18 Å². The van der Waals surface area contributed by atoms with Gasteiger partial charge in [0.1, 0.15) is 12.2 Å². The largest absolute Gasteiger partial charge is 0.322 e. The summed E-state index contributed by atoms with van der Waals surface area (Å²) in [7, 11) is 0. The molecule has 1 aromatic rings. The number of halogens is 1. The molecule has 0 bridgehead atoms. The maximum Gasteiger partial charge on any atom is 0.240 e. The van der Waals surface area contributed by atoms with Crippen LogP contribution in [0.5, 0.6) is 0 Å². The van der Waals surface area contributed by atoms with Crippen molar-refractivity contribution >= 4 is 5.91 Å². The SMILES string of the molecule is C[C@@H](CCc1ccccc1)[C@H](N)C(=O)N1C[C@@H](F)C[C@H]1C#N. The predicted octanol–water partition coefficient (Wildman–Crippen LogP) is 2.05. The van der Waals surface area contributed by atoms with E-state index in [1.54, 1.807) is 0 Å². The Bertz CT molecular complexity index is 543. The Morgan fingerprint density at radius 2 is 2.18 bits per heavy atom. The van der Waals surface area contributed by atoms with Crippen LogP contribution in [0.2, 0.25) is 0 Å². The molecule has 1 aliphatic heterocycles. The molecule has 0 saturated carbocycles. The molecule has 0 aromatic heterocycles. The molecule has 0 unspecified atom stereocenters. The zero-order valence-electron chi connectivity index (χ0n) is 12.8. The molecule has 5 heteroatoms. The van der Waals surface area contributed by atoms with Gasteiger partial charge >= 0.3 is 0 Å². The lowest BCUT2D eigenvalue weighted by Gasteiger charge is -2.26. The third kappa shape index (κ3) is 3.83. The fraction of sp³-hybridized carbons (Fsp3) is 0.529. The maximum absolute atomic E-state index is 13.4. The van der Waals surface area contributed by atoms with Crippen molar-refractivity contribution in [2.45, 2.75) is 44.4 Å². The van der Waals surface area contributed by atoms with Gasteiger partial charge in [0.25, 0.3) is 0 Å². The molecule has 2 N–H and O–H groups in total. The number of likely N-dealkylation sites (tertiary alicyclic amines) is 1. The lowest BCUT2D eigenvalue weighted by Crippen LogP contribution is -2.48. The molecule has 1 fully saturated rings. The normalized spacial score (nSPS) is 23.8. The number of hydrogen-bond acceptors (Lipinski definition) is 3. The number of carbonyl (C=O) groups is 1. The summed E-state index contributed by atoms with van der Waals surface area (Å²) < 4.78 is 13.4. The first-order chi connectivity index (χ1) is 10.5.